The smallest absolute Gasteiger partial charge is 0.276 e. The van der Waals surface area contributed by atoms with Gasteiger partial charge in [0.15, 0.2) is 0 Å². The second-order valence-electron chi connectivity index (χ2n) is 4.77. The van der Waals surface area contributed by atoms with Crippen molar-refractivity contribution in [2.75, 3.05) is 17.7 Å². The van der Waals surface area contributed by atoms with Crippen molar-refractivity contribution >= 4 is 23.0 Å². The molecule has 1 aromatic carbocycles. The first-order valence-corrected chi connectivity index (χ1v) is 6.11. The number of nitrogen functional groups attached to an aromatic ring is 1. The summed E-state index contributed by atoms with van der Waals surface area (Å²) in [6.07, 6.45) is 0. The first-order valence-electron chi connectivity index (χ1n) is 6.11. The summed E-state index contributed by atoms with van der Waals surface area (Å²) in [5, 5.41) is 10.9. The highest BCUT2D eigenvalue weighted by molar-refractivity contribution is 5.64. The van der Waals surface area contributed by atoms with E-state index in [1.54, 1.807) is 11.9 Å². The summed E-state index contributed by atoms with van der Waals surface area (Å²) in [5.41, 5.74) is 8.71. The molecular weight excluding hydrogens is 256 g/mol. The molecule has 0 bridgehead atoms. The molecule has 2 rings (SSSR count). The molecule has 2 N–H and O–H groups in total. The quantitative estimate of drug-likeness (QED) is 0.685. The third kappa shape index (κ3) is 2.85. The van der Waals surface area contributed by atoms with E-state index < -0.39 is 4.92 Å². The Kier molecular flexibility index (Phi) is 3.56. The number of nitrogens with zero attached hydrogens (tertiary/aromatic N) is 3. The number of aryl methyl sites for hydroxylation is 2. The maximum atomic E-state index is 10.9. The summed E-state index contributed by atoms with van der Waals surface area (Å²) >= 11 is 0. The van der Waals surface area contributed by atoms with E-state index in [2.05, 4.69) is 11.1 Å². The molecule has 0 aliphatic heterocycles. The van der Waals surface area contributed by atoms with E-state index in [1.165, 1.54) is 12.1 Å². The fourth-order valence-corrected chi connectivity index (χ4v) is 2.08. The van der Waals surface area contributed by atoms with Gasteiger partial charge in [-0.05, 0) is 37.1 Å². The van der Waals surface area contributed by atoms with Crippen LogP contribution in [0.1, 0.15) is 11.1 Å². The van der Waals surface area contributed by atoms with E-state index in [0.717, 1.165) is 16.8 Å². The standard InChI is InChI=1S/C14H16N4O2/c1-9-4-10(2)6-11(5-9)17(3)14-8-12(18(19)20)7-13(15)16-14/h4-8H,1-3H3,(H2,15,16). The highest BCUT2D eigenvalue weighted by atomic mass is 16.6. The van der Waals surface area contributed by atoms with Gasteiger partial charge in [0.25, 0.3) is 5.69 Å². The van der Waals surface area contributed by atoms with Gasteiger partial charge in [-0.3, -0.25) is 10.1 Å². The molecule has 20 heavy (non-hydrogen) atoms. The average Bonchev–Trinajstić information content (AvgIpc) is 2.35. The molecule has 104 valence electrons. The van der Waals surface area contributed by atoms with E-state index in [4.69, 9.17) is 5.73 Å². The fraction of sp³-hybridized carbons (Fsp3) is 0.214. The summed E-state index contributed by atoms with van der Waals surface area (Å²) in [7, 11) is 1.81. The van der Waals surface area contributed by atoms with E-state index in [9.17, 15) is 10.1 Å². The molecule has 6 heteroatoms. The summed E-state index contributed by atoms with van der Waals surface area (Å²) in [6.45, 7) is 4.00. The Morgan fingerprint density at radius 2 is 1.75 bits per heavy atom. The number of hydrogen-bond acceptors (Lipinski definition) is 5. The van der Waals surface area contributed by atoms with Crippen LogP contribution in [0.2, 0.25) is 0 Å². The van der Waals surface area contributed by atoms with Gasteiger partial charge in [-0.1, -0.05) is 6.07 Å². The molecule has 0 saturated heterocycles. The minimum atomic E-state index is -0.475. The molecule has 0 aliphatic carbocycles. The molecule has 0 unspecified atom stereocenters. The molecule has 0 saturated carbocycles. The van der Waals surface area contributed by atoms with Gasteiger partial charge in [0.2, 0.25) is 0 Å². The van der Waals surface area contributed by atoms with Crippen LogP contribution in [-0.2, 0) is 0 Å². The number of nitrogens with two attached hydrogens (primary N) is 1. The molecule has 1 aromatic heterocycles. The van der Waals surface area contributed by atoms with Crippen molar-refractivity contribution in [2.24, 2.45) is 0 Å². The molecule has 0 aliphatic rings. The van der Waals surface area contributed by atoms with Crippen LogP contribution in [0.4, 0.5) is 23.0 Å². The maximum Gasteiger partial charge on any atom is 0.276 e. The molecule has 1 heterocycles. The average molecular weight is 272 g/mol. The highest BCUT2D eigenvalue weighted by Gasteiger charge is 2.14. The van der Waals surface area contributed by atoms with E-state index in [-0.39, 0.29) is 11.5 Å². The van der Waals surface area contributed by atoms with Crippen molar-refractivity contribution < 1.29 is 4.92 Å². The summed E-state index contributed by atoms with van der Waals surface area (Å²) in [6, 6.07) is 8.70. The van der Waals surface area contributed by atoms with Gasteiger partial charge in [-0.15, -0.1) is 0 Å². The van der Waals surface area contributed by atoms with Gasteiger partial charge >= 0.3 is 0 Å². The Bertz CT molecular complexity index is 650. The second-order valence-corrected chi connectivity index (χ2v) is 4.77. The zero-order valence-corrected chi connectivity index (χ0v) is 11.6. The SMILES string of the molecule is Cc1cc(C)cc(N(C)c2cc([N+](=O)[O-])cc(N)n2)c1. The number of aromatic nitrogens is 1. The molecule has 0 fully saturated rings. The third-order valence-corrected chi connectivity index (χ3v) is 2.96. The highest BCUT2D eigenvalue weighted by Crippen LogP contribution is 2.27. The lowest BCUT2D eigenvalue weighted by atomic mass is 10.1. The van der Waals surface area contributed by atoms with Gasteiger partial charge < -0.3 is 10.6 Å². The molecule has 0 spiro atoms. The Balaban J connectivity index is 2.47. The van der Waals surface area contributed by atoms with Crippen molar-refractivity contribution in [1.82, 2.24) is 4.98 Å². The summed E-state index contributed by atoms with van der Waals surface area (Å²) in [5.74, 6) is 0.576. The molecule has 0 radical (unpaired) electrons. The van der Waals surface area contributed by atoms with Gasteiger partial charge in [-0.25, -0.2) is 4.98 Å². The third-order valence-electron chi connectivity index (χ3n) is 2.96. The van der Waals surface area contributed by atoms with Crippen molar-refractivity contribution in [3.8, 4) is 0 Å². The normalized spacial score (nSPS) is 10.3. The van der Waals surface area contributed by atoms with Gasteiger partial charge in [0.05, 0.1) is 17.1 Å². The van der Waals surface area contributed by atoms with Crippen molar-refractivity contribution in [1.29, 1.82) is 0 Å². The zero-order chi connectivity index (χ0) is 14.9. The lowest BCUT2D eigenvalue weighted by Crippen LogP contribution is -2.13. The predicted molar refractivity (Wildman–Crippen MR) is 79.3 cm³/mol. The lowest BCUT2D eigenvalue weighted by Gasteiger charge is -2.19. The number of benzene rings is 1. The fourth-order valence-electron chi connectivity index (χ4n) is 2.08. The van der Waals surface area contributed by atoms with Crippen LogP contribution in [0.3, 0.4) is 0 Å². The van der Waals surface area contributed by atoms with Crippen molar-refractivity contribution in [2.45, 2.75) is 13.8 Å². The van der Waals surface area contributed by atoms with E-state index in [0.29, 0.717) is 5.82 Å². The maximum absolute atomic E-state index is 10.9. The van der Waals surface area contributed by atoms with Crippen LogP contribution < -0.4 is 10.6 Å². The number of nitro groups is 1. The summed E-state index contributed by atoms with van der Waals surface area (Å²) in [4.78, 5) is 16.3. The zero-order valence-electron chi connectivity index (χ0n) is 11.6. The Morgan fingerprint density at radius 3 is 2.30 bits per heavy atom. The Hall–Kier alpha value is -2.63. The monoisotopic (exact) mass is 272 g/mol. The molecule has 2 aromatic rings. The van der Waals surface area contributed by atoms with Crippen LogP contribution in [0, 0.1) is 24.0 Å². The number of hydrogen-bond donors (Lipinski definition) is 1. The molecule has 6 nitrogen and oxygen atoms in total. The minimum absolute atomic E-state index is 0.0660. The summed E-state index contributed by atoms with van der Waals surface area (Å²) < 4.78 is 0. The molecular formula is C14H16N4O2. The van der Waals surface area contributed by atoms with E-state index >= 15 is 0 Å². The van der Waals surface area contributed by atoms with E-state index in [1.807, 2.05) is 26.0 Å². The lowest BCUT2D eigenvalue weighted by molar-refractivity contribution is -0.384. The molecule has 0 amide bonds. The number of anilines is 3. The van der Waals surface area contributed by atoms with Crippen LogP contribution in [-0.4, -0.2) is 17.0 Å². The topological polar surface area (TPSA) is 85.3 Å². The van der Waals surface area contributed by atoms with Crippen LogP contribution in [0.5, 0.6) is 0 Å². The molecule has 0 atom stereocenters. The van der Waals surface area contributed by atoms with Crippen molar-refractivity contribution in [3.63, 3.8) is 0 Å². The second kappa shape index (κ2) is 5.16. The largest absolute Gasteiger partial charge is 0.383 e. The number of pyridine rings is 1. The Morgan fingerprint density at radius 1 is 1.15 bits per heavy atom. The van der Waals surface area contributed by atoms with Gasteiger partial charge in [0, 0.05) is 12.7 Å². The van der Waals surface area contributed by atoms with Crippen LogP contribution in [0.15, 0.2) is 30.3 Å². The minimum Gasteiger partial charge on any atom is -0.383 e. The van der Waals surface area contributed by atoms with Crippen molar-refractivity contribution in [3.05, 3.63) is 51.6 Å². The van der Waals surface area contributed by atoms with Gasteiger partial charge in [0.1, 0.15) is 11.6 Å². The van der Waals surface area contributed by atoms with Crippen LogP contribution >= 0.6 is 0 Å². The first kappa shape index (κ1) is 13.8. The first-order chi connectivity index (χ1) is 9.36. The predicted octanol–water partition coefficient (Wildman–Crippen LogP) is 2.96. The number of rotatable bonds is 3. The van der Waals surface area contributed by atoms with Gasteiger partial charge in [-0.2, -0.15) is 0 Å². The Labute approximate surface area is 117 Å². The van der Waals surface area contributed by atoms with Crippen LogP contribution in [0.25, 0.3) is 0 Å².